The van der Waals surface area contributed by atoms with E-state index in [1.807, 2.05) is 53.4 Å². The van der Waals surface area contributed by atoms with Crippen molar-refractivity contribution in [3.63, 3.8) is 0 Å². The van der Waals surface area contributed by atoms with Gasteiger partial charge in [0.1, 0.15) is 5.69 Å². The highest BCUT2D eigenvalue weighted by Crippen LogP contribution is 2.30. The molecule has 1 aliphatic rings. The van der Waals surface area contributed by atoms with Crippen LogP contribution in [0.2, 0.25) is 0 Å². The SMILES string of the molecule is Cc1ncc(C)n2nc(-c3nc4nc(-c5ccccc5)cn4cc3N3CCN(C)CC3)nc12. The Balaban J connectivity index is 1.55. The van der Waals surface area contributed by atoms with Crippen molar-refractivity contribution in [2.75, 3.05) is 38.1 Å². The van der Waals surface area contributed by atoms with E-state index in [1.165, 1.54) is 0 Å². The lowest BCUT2D eigenvalue weighted by Gasteiger charge is -2.34. The van der Waals surface area contributed by atoms with Gasteiger partial charge in [-0.05, 0) is 20.9 Å². The first-order valence-corrected chi connectivity index (χ1v) is 11.1. The molecule has 5 aromatic rings. The number of piperazine rings is 1. The summed E-state index contributed by atoms with van der Waals surface area (Å²) in [7, 11) is 2.16. The van der Waals surface area contributed by atoms with Gasteiger partial charge in [0.25, 0.3) is 0 Å². The summed E-state index contributed by atoms with van der Waals surface area (Å²) in [5.41, 5.74) is 6.26. The Kier molecular flexibility index (Phi) is 4.58. The highest BCUT2D eigenvalue weighted by atomic mass is 15.3. The van der Waals surface area contributed by atoms with E-state index in [1.54, 1.807) is 0 Å². The first-order chi connectivity index (χ1) is 16.1. The summed E-state index contributed by atoms with van der Waals surface area (Å²) in [4.78, 5) is 23.8. The molecule has 6 rings (SSSR count). The molecule has 0 saturated carbocycles. The van der Waals surface area contributed by atoms with Crippen molar-refractivity contribution < 1.29 is 0 Å². The average Bonchev–Trinajstić information content (AvgIpc) is 3.47. The molecule has 33 heavy (non-hydrogen) atoms. The summed E-state index contributed by atoms with van der Waals surface area (Å²) >= 11 is 0. The van der Waals surface area contributed by atoms with Crippen LogP contribution in [-0.4, -0.2) is 72.1 Å². The first-order valence-electron chi connectivity index (χ1n) is 11.1. The normalized spacial score (nSPS) is 15.1. The van der Waals surface area contributed by atoms with Crippen molar-refractivity contribution in [1.29, 1.82) is 0 Å². The van der Waals surface area contributed by atoms with Gasteiger partial charge in [-0.2, -0.15) is 0 Å². The van der Waals surface area contributed by atoms with Gasteiger partial charge >= 0.3 is 0 Å². The van der Waals surface area contributed by atoms with Gasteiger partial charge in [-0.1, -0.05) is 30.3 Å². The molecule has 1 aliphatic heterocycles. The minimum absolute atomic E-state index is 0.592. The van der Waals surface area contributed by atoms with E-state index in [-0.39, 0.29) is 0 Å². The number of aryl methyl sites for hydroxylation is 2. The van der Waals surface area contributed by atoms with E-state index < -0.39 is 0 Å². The molecule has 5 heterocycles. The second kappa shape index (κ2) is 7.63. The summed E-state index contributed by atoms with van der Waals surface area (Å²) in [6.07, 6.45) is 5.97. The lowest BCUT2D eigenvalue weighted by molar-refractivity contribution is 0.313. The number of nitrogens with zero attached hydrogens (tertiary/aromatic N) is 9. The number of anilines is 1. The number of imidazole rings is 1. The van der Waals surface area contributed by atoms with E-state index in [0.717, 1.165) is 65.9 Å². The van der Waals surface area contributed by atoms with E-state index in [2.05, 4.69) is 40.2 Å². The Morgan fingerprint density at radius 3 is 2.42 bits per heavy atom. The minimum Gasteiger partial charge on any atom is -0.366 e. The summed E-state index contributed by atoms with van der Waals surface area (Å²) in [6.45, 7) is 7.77. The summed E-state index contributed by atoms with van der Waals surface area (Å²) < 4.78 is 3.85. The van der Waals surface area contributed by atoms with E-state index in [9.17, 15) is 0 Å². The topological polar surface area (TPSA) is 79.8 Å². The number of aromatic nitrogens is 7. The van der Waals surface area contributed by atoms with Gasteiger partial charge < -0.3 is 9.80 Å². The van der Waals surface area contributed by atoms with Crippen molar-refractivity contribution in [2.45, 2.75) is 13.8 Å². The van der Waals surface area contributed by atoms with Gasteiger partial charge in [0, 0.05) is 50.3 Å². The Morgan fingerprint density at radius 2 is 1.67 bits per heavy atom. The molecule has 4 aromatic heterocycles. The number of hydrogen-bond acceptors (Lipinski definition) is 7. The Morgan fingerprint density at radius 1 is 0.879 bits per heavy atom. The molecule has 1 saturated heterocycles. The summed E-state index contributed by atoms with van der Waals surface area (Å²) in [6, 6.07) is 10.2. The zero-order valence-corrected chi connectivity index (χ0v) is 19.0. The van der Waals surface area contributed by atoms with Gasteiger partial charge in [0.2, 0.25) is 11.6 Å². The van der Waals surface area contributed by atoms with Crippen LogP contribution in [-0.2, 0) is 0 Å². The number of fused-ring (bicyclic) bond motifs is 2. The predicted molar refractivity (Wildman–Crippen MR) is 127 cm³/mol. The fourth-order valence-corrected chi connectivity index (χ4v) is 4.30. The second-order valence-corrected chi connectivity index (χ2v) is 8.62. The molecule has 0 atom stereocenters. The van der Waals surface area contributed by atoms with Crippen LogP contribution in [0.1, 0.15) is 11.4 Å². The zero-order valence-electron chi connectivity index (χ0n) is 19.0. The minimum atomic E-state index is 0.592. The second-order valence-electron chi connectivity index (χ2n) is 8.62. The fraction of sp³-hybridized carbons (Fsp3) is 0.292. The molecule has 0 spiro atoms. The highest BCUT2D eigenvalue weighted by Gasteiger charge is 2.23. The Bertz CT molecular complexity index is 1420. The molecule has 9 nitrogen and oxygen atoms in total. The van der Waals surface area contributed by atoms with Crippen LogP contribution in [0.3, 0.4) is 0 Å². The van der Waals surface area contributed by atoms with Crippen molar-refractivity contribution in [3.8, 4) is 22.8 Å². The molecule has 0 N–H and O–H groups in total. The molecular formula is C24H25N9. The molecule has 1 fully saturated rings. The third-order valence-electron chi connectivity index (χ3n) is 6.26. The van der Waals surface area contributed by atoms with Crippen molar-refractivity contribution in [1.82, 2.24) is 38.9 Å². The van der Waals surface area contributed by atoms with Gasteiger partial charge in [0.05, 0.1) is 22.8 Å². The van der Waals surface area contributed by atoms with Gasteiger partial charge in [-0.3, -0.25) is 9.38 Å². The predicted octanol–water partition coefficient (Wildman–Crippen LogP) is 2.87. The highest BCUT2D eigenvalue weighted by molar-refractivity contribution is 5.74. The molecule has 0 amide bonds. The lowest BCUT2D eigenvalue weighted by Crippen LogP contribution is -2.44. The molecule has 0 aliphatic carbocycles. The zero-order chi connectivity index (χ0) is 22.5. The Hall–Kier alpha value is -3.85. The van der Waals surface area contributed by atoms with Crippen LogP contribution in [0, 0.1) is 13.8 Å². The monoisotopic (exact) mass is 439 g/mol. The third kappa shape index (κ3) is 3.41. The van der Waals surface area contributed by atoms with Gasteiger partial charge in [-0.15, -0.1) is 5.10 Å². The number of likely N-dealkylation sites (N-methyl/N-ethyl adjacent to an activating group) is 1. The molecule has 1 aromatic carbocycles. The maximum atomic E-state index is 4.98. The third-order valence-corrected chi connectivity index (χ3v) is 6.26. The summed E-state index contributed by atoms with van der Waals surface area (Å²) in [5, 5.41) is 4.81. The standard InChI is InChI=1S/C24H25N9/c1-16-13-25-17(2)23-28-22(29-33(16)23)21-20(31-11-9-30(3)10-12-31)15-32-14-19(26-24(32)27-21)18-7-5-4-6-8-18/h4-8,13-15H,9-12H2,1-3H3. The van der Waals surface area contributed by atoms with E-state index >= 15 is 0 Å². The van der Waals surface area contributed by atoms with Crippen LogP contribution < -0.4 is 4.90 Å². The van der Waals surface area contributed by atoms with Crippen LogP contribution >= 0.6 is 0 Å². The molecule has 166 valence electrons. The lowest BCUT2D eigenvalue weighted by atomic mass is 10.2. The maximum Gasteiger partial charge on any atom is 0.235 e. The fourth-order valence-electron chi connectivity index (χ4n) is 4.30. The van der Waals surface area contributed by atoms with E-state index in [0.29, 0.717) is 11.6 Å². The number of benzene rings is 1. The molecule has 0 radical (unpaired) electrons. The quantitative estimate of drug-likeness (QED) is 0.428. The number of hydrogen-bond donors (Lipinski definition) is 0. The van der Waals surface area contributed by atoms with Gasteiger partial charge in [-0.25, -0.2) is 19.5 Å². The van der Waals surface area contributed by atoms with Crippen LogP contribution in [0.4, 0.5) is 5.69 Å². The Labute approximate surface area is 191 Å². The molecular weight excluding hydrogens is 414 g/mol. The van der Waals surface area contributed by atoms with E-state index in [4.69, 9.17) is 20.1 Å². The first kappa shape index (κ1) is 19.8. The summed E-state index contributed by atoms with van der Waals surface area (Å²) in [5.74, 6) is 1.22. The van der Waals surface area contributed by atoms with Crippen LogP contribution in [0.5, 0.6) is 0 Å². The molecule has 0 bridgehead atoms. The largest absolute Gasteiger partial charge is 0.366 e. The van der Waals surface area contributed by atoms with Gasteiger partial charge in [0.15, 0.2) is 5.65 Å². The van der Waals surface area contributed by atoms with Crippen LogP contribution in [0.15, 0.2) is 48.9 Å². The van der Waals surface area contributed by atoms with Crippen molar-refractivity contribution in [3.05, 3.63) is 60.3 Å². The molecule has 0 unspecified atom stereocenters. The maximum absolute atomic E-state index is 4.98. The van der Waals surface area contributed by atoms with Crippen LogP contribution in [0.25, 0.3) is 34.2 Å². The van der Waals surface area contributed by atoms with Crippen molar-refractivity contribution >= 4 is 17.1 Å². The number of rotatable bonds is 3. The molecule has 9 heteroatoms. The average molecular weight is 440 g/mol. The smallest absolute Gasteiger partial charge is 0.235 e. The van der Waals surface area contributed by atoms with Crippen molar-refractivity contribution in [2.24, 2.45) is 0 Å².